The van der Waals surface area contributed by atoms with E-state index in [1.165, 1.54) is 12.3 Å². The van der Waals surface area contributed by atoms with Gasteiger partial charge in [-0.25, -0.2) is 9.18 Å². The van der Waals surface area contributed by atoms with Crippen LogP contribution < -0.4 is 5.32 Å². The molecule has 2 rings (SSSR count). The molecule has 0 saturated carbocycles. The average molecular weight is 273 g/mol. The SMILES string of the molecule is O=C(O)Nc1c[nH]c2c(F)cc(Br)cc12. The summed E-state index contributed by atoms with van der Waals surface area (Å²) in [5.74, 6) is -0.433. The molecule has 0 fully saturated rings. The summed E-state index contributed by atoms with van der Waals surface area (Å²) in [7, 11) is 0. The van der Waals surface area contributed by atoms with E-state index in [-0.39, 0.29) is 5.52 Å². The zero-order valence-corrected chi connectivity index (χ0v) is 8.93. The Morgan fingerprint density at radius 3 is 2.93 bits per heavy atom. The molecule has 4 nitrogen and oxygen atoms in total. The highest BCUT2D eigenvalue weighted by Gasteiger charge is 2.10. The molecule has 0 aliphatic rings. The molecule has 3 N–H and O–H groups in total. The van der Waals surface area contributed by atoms with E-state index in [0.29, 0.717) is 15.5 Å². The van der Waals surface area contributed by atoms with Crippen LogP contribution in [0.2, 0.25) is 0 Å². The first-order valence-electron chi connectivity index (χ1n) is 4.04. The minimum absolute atomic E-state index is 0.280. The maximum Gasteiger partial charge on any atom is 0.409 e. The van der Waals surface area contributed by atoms with Crippen molar-refractivity contribution in [1.82, 2.24) is 4.98 Å². The summed E-state index contributed by atoms with van der Waals surface area (Å²) in [6.07, 6.45) is 0.227. The number of aromatic amines is 1. The molecule has 0 radical (unpaired) electrons. The smallest absolute Gasteiger partial charge is 0.409 e. The van der Waals surface area contributed by atoms with Crippen LogP contribution in [0.15, 0.2) is 22.8 Å². The van der Waals surface area contributed by atoms with Gasteiger partial charge in [0.1, 0.15) is 5.82 Å². The van der Waals surface area contributed by atoms with E-state index < -0.39 is 11.9 Å². The van der Waals surface area contributed by atoms with E-state index in [4.69, 9.17) is 5.11 Å². The number of benzene rings is 1. The first-order chi connectivity index (χ1) is 7.08. The number of hydrogen-bond donors (Lipinski definition) is 3. The summed E-state index contributed by atoms with van der Waals surface area (Å²) in [4.78, 5) is 13.1. The van der Waals surface area contributed by atoms with Crippen LogP contribution in [-0.2, 0) is 0 Å². The van der Waals surface area contributed by atoms with Gasteiger partial charge in [-0.1, -0.05) is 15.9 Å². The lowest BCUT2D eigenvalue weighted by Gasteiger charge is -1.99. The van der Waals surface area contributed by atoms with Crippen molar-refractivity contribution in [3.8, 4) is 0 Å². The molecule has 1 heterocycles. The molecular weight excluding hydrogens is 267 g/mol. The fourth-order valence-corrected chi connectivity index (χ4v) is 1.80. The Balaban J connectivity index is 2.63. The largest absolute Gasteiger partial charge is 0.465 e. The van der Waals surface area contributed by atoms with Crippen LogP contribution in [0.1, 0.15) is 0 Å². The number of nitrogens with one attached hydrogen (secondary N) is 2. The number of hydrogen-bond acceptors (Lipinski definition) is 1. The van der Waals surface area contributed by atoms with Gasteiger partial charge >= 0.3 is 6.09 Å². The van der Waals surface area contributed by atoms with Gasteiger partial charge in [0.2, 0.25) is 0 Å². The molecule has 0 bridgehead atoms. The summed E-state index contributed by atoms with van der Waals surface area (Å²) >= 11 is 3.14. The Labute approximate surface area is 92.2 Å². The fourth-order valence-electron chi connectivity index (χ4n) is 1.37. The lowest BCUT2D eigenvalue weighted by molar-refractivity contribution is 0.210. The summed E-state index contributed by atoms with van der Waals surface area (Å²) in [6, 6.07) is 2.95. The Morgan fingerprint density at radius 1 is 1.53 bits per heavy atom. The highest BCUT2D eigenvalue weighted by atomic mass is 79.9. The Bertz CT molecular complexity index is 538. The number of aromatic nitrogens is 1. The predicted molar refractivity (Wildman–Crippen MR) is 57.6 cm³/mol. The normalized spacial score (nSPS) is 10.5. The van der Waals surface area contributed by atoms with E-state index in [2.05, 4.69) is 26.2 Å². The molecular formula is C9H6BrFN2O2. The topological polar surface area (TPSA) is 65.1 Å². The minimum atomic E-state index is -1.18. The average Bonchev–Trinajstić information content (AvgIpc) is 2.48. The molecule has 0 atom stereocenters. The number of H-pyrrole nitrogens is 1. The molecule has 1 aromatic heterocycles. The van der Waals surface area contributed by atoms with E-state index in [1.54, 1.807) is 6.07 Å². The Morgan fingerprint density at radius 2 is 2.27 bits per heavy atom. The zero-order chi connectivity index (χ0) is 11.0. The van der Waals surface area contributed by atoms with Crippen LogP contribution in [-0.4, -0.2) is 16.2 Å². The van der Waals surface area contributed by atoms with Gasteiger partial charge in [0.15, 0.2) is 0 Å². The maximum atomic E-state index is 13.4. The lowest BCUT2D eigenvalue weighted by Crippen LogP contribution is -2.06. The van der Waals surface area contributed by atoms with Gasteiger partial charge in [0, 0.05) is 16.1 Å². The van der Waals surface area contributed by atoms with Crippen molar-refractivity contribution in [2.45, 2.75) is 0 Å². The highest BCUT2D eigenvalue weighted by molar-refractivity contribution is 9.10. The molecule has 6 heteroatoms. The number of anilines is 1. The quantitative estimate of drug-likeness (QED) is 0.747. The van der Waals surface area contributed by atoms with E-state index >= 15 is 0 Å². The van der Waals surface area contributed by atoms with Crippen molar-refractivity contribution < 1.29 is 14.3 Å². The van der Waals surface area contributed by atoms with Gasteiger partial charge < -0.3 is 10.1 Å². The highest BCUT2D eigenvalue weighted by Crippen LogP contribution is 2.28. The van der Waals surface area contributed by atoms with Gasteiger partial charge in [-0.05, 0) is 12.1 Å². The Kier molecular flexibility index (Phi) is 2.36. The molecule has 78 valence electrons. The number of carboxylic acid groups (broad SMARTS) is 1. The lowest BCUT2D eigenvalue weighted by atomic mass is 10.2. The molecule has 2 aromatic rings. The van der Waals surface area contributed by atoms with E-state index in [9.17, 15) is 9.18 Å². The summed E-state index contributed by atoms with van der Waals surface area (Å²) < 4.78 is 13.9. The van der Waals surface area contributed by atoms with Crippen molar-refractivity contribution in [1.29, 1.82) is 0 Å². The number of fused-ring (bicyclic) bond motifs is 1. The zero-order valence-electron chi connectivity index (χ0n) is 7.34. The van der Waals surface area contributed by atoms with Crippen LogP contribution in [0.5, 0.6) is 0 Å². The van der Waals surface area contributed by atoms with Gasteiger partial charge in [-0.3, -0.25) is 5.32 Å². The number of carbonyl (C=O) groups is 1. The second kappa shape index (κ2) is 3.54. The third-order valence-electron chi connectivity index (χ3n) is 1.95. The molecule has 0 spiro atoms. The van der Waals surface area contributed by atoms with Crippen LogP contribution in [0.25, 0.3) is 10.9 Å². The summed E-state index contributed by atoms with van der Waals surface area (Å²) in [6.45, 7) is 0. The maximum absolute atomic E-state index is 13.4. The van der Waals surface area contributed by atoms with Crippen LogP contribution in [0.4, 0.5) is 14.9 Å². The molecule has 0 saturated heterocycles. The van der Waals surface area contributed by atoms with Crippen molar-refractivity contribution in [2.24, 2.45) is 0 Å². The first-order valence-corrected chi connectivity index (χ1v) is 4.83. The molecule has 1 amide bonds. The second-order valence-electron chi connectivity index (χ2n) is 2.94. The van der Waals surface area contributed by atoms with Gasteiger partial charge in [0.05, 0.1) is 11.2 Å². The molecule has 1 aromatic carbocycles. The van der Waals surface area contributed by atoms with Gasteiger partial charge in [-0.2, -0.15) is 0 Å². The third kappa shape index (κ3) is 1.80. The third-order valence-corrected chi connectivity index (χ3v) is 2.41. The standard InChI is InChI=1S/C9H6BrFN2O2/c10-4-1-5-7(13-9(14)15)3-12-8(5)6(11)2-4/h1-3,12-13H,(H,14,15). The van der Waals surface area contributed by atoms with Crippen molar-refractivity contribution in [3.05, 3.63) is 28.6 Å². The van der Waals surface area contributed by atoms with E-state index in [1.807, 2.05) is 0 Å². The van der Waals surface area contributed by atoms with Crippen LogP contribution >= 0.6 is 15.9 Å². The minimum Gasteiger partial charge on any atom is -0.465 e. The monoisotopic (exact) mass is 272 g/mol. The molecule has 0 aliphatic carbocycles. The molecule has 0 unspecified atom stereocenters. The Hall–Kier alpha value is -1.56. The molecule has 15 heavy (non-hydrogen) atoms. The predicted octanol–water partition coefficient (Wildman–Crippen LogP) is 3.16. The van der Waals surface area contributed by atoms with Crippen LogP contribution in [0.3, 0.4) is 0 Å². The first kappa shape index (κ1) is 9.97. The van der Waals surface area contributed by atoms with Gasteiger partial charge in [-0.15, -0.1) is 0 Å². The van der Waals surface area contributed by atoms with Crippen LogP contribution in [0, 0.1) is 5.82 Å². The summed E-state index contributed by atoms with van der Waals surface area (Å²) in [5, 5.41) is 11.2. The fraction of sp³-hybridized carbons (Fsp3) is 0. The summed E-state index contributed by atoms with van der Waals surface area (Å²) in [5.41, 5.74) is 0.611. The van der Waals surface area contributed by atoms with Crippen molar-refractivity contribution in [2.75, 3.05) is 5.32 Å². The number of amides is 1. The van der Waals surface area contributed by atoms with Gasteiger partial charge in [0.25, 0.3) is 0 Å². The van der Waals surface area contributed by atoms with E-state index in [0.717, 1.165) is 0 Å². The second-order valence-corrected chi connectivity index (χ2v) is 3.86. The van der Waals surface area contributed by atoms with Crippen molar-refractivity contribution >= 4 is 38.6 Å². The number of halogens is 2. The van der Waals surface area contributed by atoms with Crippen molar-refractivity contribution in [3.63, 3.8) is 0 Å². The number of rotatable bonds is 1. The molecule has 0 aliphatic heterocycles.